The van der Waals surface area contributed by atoms with Crippen LogP contribution in [0.4, 0.5) is 34.1 Å². The molecule has 0 atom stereocenters. The fourth-order valence-corrected chi connectivity index (χ4v) is 10.7. The highest BCUT2D eigenvalue weighted by atomic mass is 79.9. The molecule has 0 spiro atoms. The minimum atomic E-state index is -0.513. The lowest BCUT2D eigenvalue weighted by atomic mass is 9.99. The van der Waals surface area contributed by atoms with Gasteiger partial charge in [0.05, 0.1) is 35.1 Å². The summed E-state index contributed by atoms with van der Waals surface area (Å²) in [5, 5.41) is 64.9. The van der Waals surface area contributed by atoms with E-state index in [1.54, 1.807) is 43.3 Å². The van der Waals surface area contributed by atoms with Gasteiger partial charge < -0.3 is 0 Å². The third-order valence-electron chi connectivity index (χ3n) is 10.5. The average molecular weight is 1480 g/mol. The molecule has 0 saturated heterocycles. The maximum atomic E-state index is 11.1. The van der Waals surface area contributed by atoms with Gasteiger partial charge in [-0.05, 0) is 175 Å². The number of hydrogen-bond acceptors (Lipinski definition) is 12. The van der Waals surface area contributed by atoms with Gasteiger partial charge in [-0.2, -0.15) is 0 Å². The van der Waals surface area contributed by atoms with Crippen LogP contribution < -0.4 is 0 Å². The summed E-state index contributed by atoms with van der Waals surface area (Å²) in [6.45, 7) is 5.70. The molecule has 8 aromatic rings. The van der Waals surface area contributed by atoms with Crippen molar-refractivity contribution in [3.05, 3.63) is 254 Å². The minimum absolute atomic E-state index is 0.0137. The Morgan fingerprint density at radius 1 is 0.289 bits per heavy atom. The van der Waals surface area contributed by atoms with Gasteiger partial charge in [-0.1, -0.05) is 91.8 Å². The molecule has 8 rings (SSSR count). The Balaban J connectivity index is 0.000000187. The molecule has 0 fully saturated rings. The van der Waals surface area contributed by atoms with Crippen molar-refractivity contribution in [3.63, 3.8) is 0 Å². The van der Waals surface area contributed by atoms with Crippen molar-refractivity contribution in [1.82, 2.24) is 0 Å². The summed E-state index contributed by atoms with van der Waals surface area (Å²) >= 11 is 23.2. The number of rotatable bonds is 10. The first-order valence-corrected chi connectivity index (χ1v) is 26.8. The van der Waals surface area contributed by atoms with E-state index in [9.17, 15) is 60.7 Å². The van der Waals surface area contributed by atoms with Crippen molar-refractivity contribution in [3.8, 4) is 44.5 Å². The van der Waals surface area contributed by atoms with Crippen LogP contribution in [0.3, 0.4) is 0 Å². The molecule has 0 aliphatic rings. The summed E-state index contributed by atoms with van der Waals surface area (Å²) in [5.74, 6) is 0. The number of nitrogens with zero attached hydrogens (tertiary/aromatic N) is 6. The Labute approximate surface area is 490 Å². The fourth-order valence-electron chi connectivity index (χ4n) is 7.15. The number of non-ortho nitro benzene ring substituents is 5. The van der Waals surface area contributed by atoms with Crippen LogP contribution in [0.15, 0.2) is 177 Å². The van der Waals surface area contributed by atoms with Gasteiger partial charge in [-0.3, -0.25) is 60.7 Å². The van der Waals surface area contributed by atoms with E-state index < -0.39 is 24.6 Å². The summed E-state index contributed by atoms with van der Waals surface area (Å²) < 4.78 is 5.01. The van der Waals surface area contributed by atoms with Crippen LogP contribution in [0.5, 0.6) is 0 Å². The zero-order valence-corrected chi connectivity index (χ0v) is 50.2. The molecule has 0 N–H and O–H groups in total. The highest BCUT2D eigenvalue weighted by Gasteiger charge is 2.19. The van der Waals surface area contributed by atoms with Gasteiger partial charge in [-0.15, -0.1) is 0 Å². The van der Waals surface area contributed by atoms with Gasteiger partial charge in [0.1, 0.15) is 0 Å². The summed E-state index contributed by atoms with van der Waals surface area (Å²) in [6.07, 6.45) is 0. The van der Waals surface area contributed by atoms with Crippen LogP contribution >= 0.6 is 112 Å². The largest absolute Gasteiger partial charge is 0.278 e. The molecule has 0 radical (unpaired) electrons. The van der Waals surface area contributed by atoms with E-state index in [-0.39, 0.29) is 39.0 Å². The molecule has 18 nitrogen and oxygen atoms in total. The Morgan fingerprint density at radius 2 is 0.658 bits per heavy atom. The molecule has 0 aliphatic heterocycles. The van der Waals surface area contributed by atoms with E-state index in [1.165, 1.54) is 66.7 Å². The van der Waals surface area contributed by atoms with E-state index >= 15 is 0 Å². The van der Waals surface area contributed by atoms with E-state index in [1.807, 2.05) is 56.3 Å². The zero-order valence-electron chi connectivity index (χ0n) is 39.1. The van der Waals surface area contributed by atoms with Crippen LogP contribution in [-0.4, -0.2) is 29.5 Å². The van der Waals surface area contributed by atoms with E-state index in [4.69, 9.17) is 0 Å². The predicted molar refractivity (Wildman–Crippen MR) is 316 cm³/mol. The van der Waals surface area contributed by atoms with Crippen LogP contribution in [0.25, 0.3) is 44.5 Å². The van der Waals surface area contributed by atoms with Crippen molar-refractivity contribution >= 4 is 146 Å². The predicted octanol–water partition coefficient (Wildman–Crippen LogP) is 19.1. The van der Waals surface area contributed by atoms with E-state index in [2.05, 4.69) is 112 Å². The maximum absolute atomic E-state index is 11.1. The lowest BCUT2D eigenvalue weighted by molar-refractivity contribution is -0.385. The van der Waals surface area contributed by atoms with Crippen molar-refractivity contribution < 1.29 is 29.5 Å². The van der Waals surface area contributed by atoms with Crippen LogP contribution in [-0.2, 0) is 0 Å². The molecule has 0 aromatic heterocycles. The number of halogens is 7. The normalized spacial score (nSPS) is 10.3. The van der Waals surface area contributed by atoms with E-state index in [0.29, 0.717) is 39.1 Å². The highest BCUT2D eigenvalue weighted by Crippen LogP contribution is 2.38. The summed E-state index contributed by atoms with van der Waals surface area (Å²) in [5.41, 5.74) is 8.92. The smallest absolute Gasteiger partial charge is 0.258 e. The van der Waals surface area contributed by atoms with Crippen LogP contribution in [0.2, 0.25) is 0 Å². The van der Waals surface area contributed by atoms with Crippen molar-refractivity contribution in [2.24, 2.45) is 0 Å². The second kappa shape index (κ2) is 27.0. The second-order valence-electron chi connectivity index (χ2n) is 15.9. The van der Waals surface area contributed by atoms with Crippen molar-refractivity contribution in [2.45, 2.75) is 20.8 Å². The van der Waals surface area contributed by atoms with Crippen LogP contribution in [0, 0.1) is 81.5 Å². The summed E-state index contributed by atoms with van der Waals surface area (Å²) in [7, 11) is 0. The maximum Gasteiger partial charge on any atom is 0.278 e. The molecule has 8 aromatic carbocycles. The Morgan fingerprint density at radius 3 is 1.08 bits per heavy atom. The van der Waals surface area contributed by atoms with Gasteiger partial charge in [0.2, 0.25) is 0 Å². The van der Waals surface area contributed by atoms with Gasteiger partial charge in [0, 0.05) is 98.0 Å². The molecule has 0 amide bonds. The monoisotopic (exact) mass is 1470 g/mol. The standard InChI is InChI=1S/2C13H9Br2NO2.C13H9BrN2O4.C12H6Br2N2O4/c1-8-6-9(14)2-4-11(8)12-5-3-10(15)7-13(12)16(17)18;1-8-4-9(6-10(14)5-8)12-3-2-11(16(17)18)7-13(12)15;1-8-6-9(15(17)18)2-4-11(8)12-5-3-10(16(19)20)7-13(12)14;13-9-1-7(3-11(5-9)15(17)18)8-2-10(14)6-12(4-8)16(19)20/h2*2-7H,1H3;2-7H,1H3;1-6H. The topological polar surface area (TPSA) is 259 Å². The molecule has 388 valence electrons. The van der Waals surface area contributed by atoms with E-state index in [0.717, 1.165) is 53.5 Å². The van der Waals surface area contributed by atoms with Crippen molar-refractivity contribution in [2.75, 3.05) is 0 Å². The number of benzene rings is 8. The molecule has 0 aliphatic carbocycles. The van der Waals surface area contributed by atoms with Gasteiger partial charge in [0.25, 0.3) is 34.1 Å². The SMILES string of the molecule is Cc1cc(Br)cc(-c2ccc([N+](=O)[O-])cc2Br)c1.Cc1cc(Br)ccc1-c1ccc(Br)cc1[N+](=O)[O-].Cc1cc([N+](=O)[O-])ccc1-c1ccc([N+](=O)[O-])cc1Br.O=[N+]([O-])c1cc(Br)cc(-c2cc(Br)cc([N+](=O)[O-])c2)c1. The first-order chi connectivity index (χ1) is 35.7. The van der Waals surface area contributed by atoms with Gasteiger partial charge in [-0.25, -0.2) is 0 Å². The average Bonchev–Trinajstić information content (AvgIpc) is 3.34. The molecule has 76 heavy (non-hydrogen) atoms. The lowest BCUT2D eigenvalue weighted by Crippen LogP contribution is -1.93. The number of nitro benzene ring substituents is 6. The summed E-state index contributed by atoms with van der Waals surface area (Å²) in [6, 6.07) is 39.4. The molecule has 0 heterocycles. The van der Waals surface area contributed by atoms with Crippen molar-refractivity contribution in [1.29, 1.82) is 0 Å². The lowest BCUT2D eigenvalue weighted by Gasteiger charge is -2.08. The number of aryl methyl sites for hydroxylation is 3. The number of nitro groups is 6. The number of hydrogen-bond donors (Lipinski definition) is 0. The molecule has 0 saturated carbocycles. The Bertz CT molecular complexity index is 3480. The van der Waals surface area contributed by atoms with Gasteiger partial charge >= 0.3 is 0 Å². The third kappa shape index (κ3) is 16.5. The quantitative estimate of drug-likeness (QED) is 0.0914. The molecular formula is C51H33Br7N6O12. The minimum Gasteiger partial charge on any atom is -0.258 e. The second-order valence-corrected chi connectivity index (χ2v) is 22.2. The molecule has 25 heteroatoms. The summed E-state index contributed by atoms with van der Waals surface area (Å²) in [4.78, 5) is 62.2. The molecular weight excluding hydrogens is 1450 g/mol. The first-order valence-electron chi connectivity index (χ1n) is 21.2. The molecule has 0 unspecified atom stereocenters. The Hall–Kier alpha value is -6.48. The third-order valence-corrected chi connectivity index (χ3v) is 14.2. The fraction of sp³-hybridized carbons (Fsp3) is 0.0588. The first kappa shape index (κ1) is 60.4. The molecule has 0 bridgehead atoms. The van der Waals surface area contributed by atoms with Crippen LogP contribution in [0.1, 0.15) is 16.7 Å². The Kier molecular flexibility index (Phi) is 21.5. The van der Waals surface area contributed by atoms with Gasteiger partial charge in [0.15, 0.2) is 0 Å². The highest BCUT2D eigenvalue weighted by molar-refractivity contribution is 9.11. The zero-order chi connectivity index (χ0) is 56.3.